The summed E-state index contributed by atoms with van der Waals surface area (Å²) in [6.07, 6.45) is 5.54. The normalized spacial score (nSPS) is 9.70. The average molecular weight is 141 g/mol. The number of hydrogen-bond donors (Lipinski definition) is 1. The number of nitrogens with zero attached hydrogens (tertiary/aromatic N) is 1. The molecule has 0 heterocycles. The maximum Gasteiger partial charge on any atom is 0.0304 e. The van der Waals surface area contributed by atoms with Crippen LogP contribution in [-0.2, 0) is 0 Å². The lowest BCUT2D eigenvalue weighted by Crippen LogP contribution is -2.25. The second kappa shape index (κ2) is 8.66. The van der Waals surface area contributed by atoms with E-state index in [0.29, 0.717) is 0 Å². The van der Waals surface area contributed by atoms with Crippen LogP contribution in [0.1, 0.15) is 26.2 Å². The highest BCUT2D eigenvalue weighted by atomic mass is 15.3. The van der Waals surface area contributed by atoms with Crippen LogP contribution in [-0.4, -0.2) is 13.1 Å². The van der Waals surface area contributed by atoms with E-state index in [0.717, 1.165) is 13.1 Å². The first-order valence-electron chi connectivity index (χ1n) is 3.92. The van der Waals surface area contributed by atoms with E-state index in [-0.39, 0.29) is 0 Å². The van der Waals surface area contributed by atoms with Crippen LogP contribution >= 0.6 is 0 Å². The van der Waals surface area contributed by atoms with Crippen molar-refractivity contribution < 1.29 is 0 Å². The first-order chi connectivity index (χ1) is 4.91. The molecule has 1 radical (unpaired) electrons. The number of nitrogens with one attached hydrogen (secondary N) is 1. The van der Waals surface area contributed by atoms with Crippen LogP contribution < -0.4 is 10.9 Å². The molecule has 0 bridgehead atoms. The van der Waals surface area contributed by atoms with Crippen molar-refractivity contribution in [2.24, 2.45) is 0 Å². The molecule has 0 aliphatic carbocycles. The highest BCUT2D eigenvalue weighted by Gasteiger charge is 1.85. The van der Waals surface area contributed by atoms with Crippen molar-refractivity contribution in [1.82, 2.24) is 10.9 Å². The molecule has 0 aromatic heterocycles. The summed E-state index contributed by atoms with van der Waals surface area (Å²) in [6.45, 7) is 7.48. The Morgan fingerprint density at radius 1 is 1.50 bits per heavy atom. The second-order valence-electron chi connectivity index (χ2n) is 2.24. The van der Waals surface area contributed by atoms with Crippen molar-refractivity contribution in [3.05, 3.63) is 12.7 Å². The zero-order valence-corrected chi connectivity index (χ0v) is 6.77. The monoisotopic (exact) mass is 141 g/mol. The van der Waals surface area contributed by atoms with Gasteiger partial charge in [-0.05, 0) is 6.42 Å². The van der Waals surface area contributed by atoms with Gasteiger partial charge >= 0.3 is 0 Å². The van der Waals surface area contributed by atoms with Crippen LogP contribution in [0.4, 0.5) is 0 Å². The molecule has 0 aliphatic rings. The van der Waals surface area contributed by atoms with Crippen LogP contribution in [0, 0.1) is 0 Å². The quantitative estimate of drug-likeness (QED) is 0.324. The van der Waals surface area contributed by atoms with Gasteiger partial charge in [-0.2, -0.15) is 5.43 Å². The molecule has 2 heteroatoms. The van der Waals surface area contributed by atoms with Gasteiger partial charge < -0.3 is 0 Å². The molecule has 2 nitrogen and oxygen atoms in total. The standard InChI is InChI=1S/C8H17N2/c1-3-5-6-8-10-9-7-4-2/h4,9H,2-3,5-8H2,1H3. The maximum absolute atomic E-state index is 4.08. The third-order valence-electron chi connectivity index (χ3n) is 1.22. The molecule has 59 valence electrons. The molecular formula is C8H17N2. The Hall–Kier alpha value is -0.340. The zero-order chi connectivity index (χ0) is 7.66. The molecule has 0 amide bonds. The van der Waals surface area contributed by atoms with Gasteiger partial charge in [0.05, 0.1) is 0 Å². The SMILES string of the molecule is C=CCN[N]CCCCC. The van der Waals surface area contributed by atoms with E-state index < -0.39 is 0 Å². The molecule has 0 atom stereocenters. The van der Waals surface area contributed by atoms with Gasteiger partial charge in [-0.15, -0.1) is 6.58 Å². The molecular weight excluding hydrogens is 124 g/mol. The summed E-state index contributed by atoms with van der Waals surface area (Å²) in [5.74, 6) is 0. The fraction of sp³-hybridized carbons (Fsp3) is 0.750. The summed E-state index contributed by atoms with van der Waals surface area (Å²) in [5, 5.41) is 0. The molecule has 0 aromatic carbocycles. The minimum absolute atomic E-state index is 0.784. The predicted octanol–water partition coefficient (Wildman–Crippen LogP) is 1.47. The Kier molecular flexibility index (Phi) is 8.37. The lowest BCUT2D eigenvalue weighted by molar-refractivity contribution is 0.525. The van der Waals surface area contributed by atoms with Crippen molar-refractivity contribution >= 4 is 0 Å². The van der Waals surface area contributed by atoms with Crippen LogP contribution in [0.15, 0.2) is 12.7 Å². The lowest BCUT2D eigenvalue weighted by atomic mass is 10.2. The Bertz CT molecular complexity index is 71.7. The van der Waals surface area contributed by atoms with Gasteiger partial charge in [0.1, 0.15) is 0 Å². The number of unbranched alkanes of at least 4 members (excludes halogenated alkanes) is 2. The third kappa shape index (κ3) is 7.66. The van der Waals surface area contributed by atoms with Crippen LogP contribution in [0.25, 0.3) is 0 Å². The summed E-state index contributed by atoms with van der Waals surface area (Å²) in [7, 11) is 0. The molecule has 0 unspecified atom stereocenters. The van der Waals surface area contributed by atoms with E-state index >= 15 is 0 Å². The maximum atomic E-state index is 4.08. The Morgan fingerprint density at radius 3 is 2.90 bits per heavy atom. The van der Waals surface area contributed by atoms with E-state index in [1.807, 2.05) is 6.08 Å². The topological polar surface area (TPSA) is 26.1 Å². The van der Waals surface area contributed by atoms with E-state index in [4.69, 9.17) is 0 Å². The molecule has 0 spiro atoms. The summed E-state index contributed by atoms with van der Waals surface area (Å²) >= 11 is 0. The van der Waals surface area contributed by atoms with Gasteiger partial charge in [-0.1, -0.05) is 25.8 Å². The average Bonchev–Trinajstić information content (AvgIpc) is 1.97. The molecule has 0 aliphatic heterocycles. The third-order valence-corrected chi connectivity index (χ3v) is 1.22. The highest BCUT2D eigenvalue weighted by Crippen LogP contribution is 1.90. The van der Waals surface area contributed by atoms with Crippen LogP contribution in [0.5, 0.6) is 0 Å². The van der Waals surface area contributed by atoms with Crippen molar-refractivity contribution in [2.45, 2.75) is 26.2 Å². The molecule has 0 rings (SSSR count). The fourth-order valence-corrected chi connectivity index (χ4v) is 0.649. The molecule has 0 fully saturated rings. The Labute approximate surface area is 63.7 Å². The highest BCUT2D eigenvalue weighted by molar-refractivity contribution is 4.67. The summed E-state index contributed by atoms with van der Waals surface area (Å²) in [4.78, 5) is 0. The van der Waals surface area contributed by atoms with Gasteiger partial charge in [0.25, 0.3) is 0 Å². The van der Waals surface area contributed by atoms with Gasteiger partial charge in [0.15, 0.2) is 0 Å². The molecule has 0 saturated heterocycles. The first-order valence-corrected chi connectivity index (χ1v) is 3.92. The number of hydrogen-bond acceptors (Lipinski definition) is 1. The predicted molar refractivity (Wildman–Crippen MR) is 44.7 cm³/mol. The molecule has 0 saturated carbocycles. The van der Waals surface area contributed by atoms with E-state index in [2.05, 4.69) is 24.4 Å². The summed E-state index contributed by atoms with van der Waals surface area (Å²) in [5.41, 5.74) is 6.98. The summed E-state index contributed by atoms with van der Waals surface area (Å²) in [6, 6.07) is 0. The summed E-state index contributed by atoms with van der Waals surface area (Å²) < 4.78 is 0. The fourth-order valence-electron chi connectivity index (χ4n) is 0.649. The smallest absolute Gasteiger partial charge is 0.0304 e. The minimum Gasteiger partial charge on any atom is -0.236 e. The second-order valence-corrected chi connectivity index (χ2v) is 2.24. The zero-order valence-electron chi connectivity index (χ0n) is 6.77. The van der Waals surface area contributed by atoms with Gasteiger partial charge in [-0.25, -0.2) is 5.43 Å². The van der Waals surface area contributed by atoms with Gasteiger partial charge in [0.2, 0.25) is 0 Å². The van der Waals surface area contributed by atoms with E-state index in [9.17, 15) is 0 Å². The van der Waals surface area contributed by atoms with Gasteiger partial charge in [0, 0.05) is 13.1 Å². The largest absolute Gasteiger partial charge is 0.236 e. The van der Waals surface area contributed by atoms with Gasteiger partial charge in [-0.3, -0.25) is 0 Å². The van der Waals surface area contributed by atoms with Crippen molar-refractivity contribution in [3.8, 4) is 0 Å². The van der Waals surface area contributed by atoms with Crippen molar-refractivity contribution in [3.63, 3.8) is 0 Å². The first kappa shape index (κ1) is 9.66. The minimum atomic E-state index is 0.784. The lowest BCUT2D eigenvalue weighted by Gasteiger charge is -1.99. The van der Waals surface area contributed by atoms with Crippen LogP contribution in [0.2, 0.25) is 0 Å². The molecule has 10 heavy (non-hydrogen) atoms. The Morgan fingerprint density at radius 2 is 2.30 bits per heavy atom. The molecule has 0 aromatic rings. The number of rotatable bonds is 7. The van der Waals surface area contributed by atoms with Crippen molar-refractivity contribution in [1.29, 1.82) is 0 Å². The van der Waals surface area contributed by atoms with E-state index in [1.165, 1.54) is 19.3 Å². The van der Waals surface area contributed by atoms with Crippen molar-refractivity contribution in [2.75, 3.05) is 13.1 Å². The van der Waals surface area contributed by atoms with E-state index in [1.54, 1.807) is 0 Å². The molecule has 1 N–H and O–H groups in total. The van der Waals surface area contributed by atoms with Crippen LogP contribution in [0.3, 0.4) is 0 Å². The Balaban J connectivity index is 2.70.